The molecule has 67 heavy (non-hydrogen) atoms. The number of terminal acetylenes is 2. The SMILES string of the molecule is C#CCOc1cnc(C(=O)Cc2cc(F)c(F)c([C@@]3(CF)N=C(N)S[C@@]4(CF)C[C@H]43)c2)cn1.C#CCOc1cnc(C(=O)O)cn1.C[C@]1(c2cc(N)cc(F)c2F)N=C(N)S[C@@]2(CF)C[C@H]21.[3H]P([3H])[3H]. The van der Waals surface area contributed by atoms with E-state index >= 15 is 0 Å². The maximum atomic E-state index is 14.9. The molecule has 2 aliphatic heterocycles. The van der Waals surface area contributed by atoms with Crippen molar-refractivity contribution in [3.63, 3.8) is 0 Å². The van der Waals surface area contributed by atoms with Crippen LogP contribution in [0.15, 0.2) is 59.0 Å². The van der Waals surface area contributed by atoms with Crippen molar-refractivity contribution >= 4 is 61.0 Å². The second-order valence-corrected chi connectivity index (χ2v) is 18.3. The molecule has 4 heterocycles. The number of halogens is 7. The van der Waals surface area contributed by atoms with E-state index in [0.717, 1.165) is 30.1 Å². The number of nitrogen functional groups attached to an aromatic ring is 1. The number of thioether (sulfide) groups is 2. The average Bonchev–Trinajstić information content (AvgIpc) is 4.25. The molecule has 2 aromatic carbocycles. The number of rotatable bonds is 13. The van der Waals surface area contributed by atoms with Gasteiger partial charge in [-0.2, -0.15) is 9.73 Å². The van der Waals surface area contributed by atoms with Crippen molar-refractivity contribution in [1.29, 1.82) is 3.84 Å². The van der Waals surface area contributed by atoms with Crippen LogP contribution in [0.25, 0.3) is 0 Å². The highest BCUT2D eigenvalue weighted by atomic mass is 32.2. The number of carbonyl (C=O) groups excluding carboxylic acids is 1. The first-order chi connectivity index (χ1) is 33.1. The van der Waals surface area contributed by atoms with Gasteiger partial charge >= 0.3 is 5.97 Å². The van der Waals surface area contributed by atoms with E-state index in [1.807, 2.05) is 0 Å². The molecule has 2 fully saturated rings. The molecule has 0 spiro atoms. The summed E-state index contributed by atoms with van der Waals surface area (Å²) in [5.74, 6) is -2.34. The number of hydrogen-bond acceptors (Lipinski definition) is 15. The van der Waals surface area contributed by atoms with Crippen LogP contribution in [0.4, 0.5) is 36.4 Å². The summed E-state index contributed by atoms with van der Waals surface area (Å²) in [7, 11) is -1.87. The van der Waals surface area contributed by atoms with E-state index in [2.05, 4.69) is 41.8 Å². The van der Waals surface area contributed by atoms with Crippen LogP contribution in [0, 0.1) is 59.8 Å². The topological polar surface area (TPSA) is 227 Å². The highest BCUT2D eigenvalue weighted by Crippen LogP contribution is 2.67. The summed E-state index contributed by atoms with van der Waals surface area (Å²) >= 11 is 2.16. The molecule has 0 saturated heterocycles. The number of carbonyl (C=O) groups is 2. The summed E-state index contributed by atoms with van der Waals surface area (Å²) in [5.41, 5.74) is 13.9. The number of aromatic nitrogens is 4. The normalized spacial score (nSPS) is 25.4. The smallest absolute Gasteiger partial charge is 0.356 e. The van der Waals surface area contributed by atoms with Crippen molar-refractivity contribution in [2.75, 3.05) is 39.0 Å². The number of hydrogen-bond donors (Lipinski definition) is 4. The minimum atomic E-state index is -1.87. The van der Waals surface area contributed by atoms with Crippen molar-refractivity contribution in [2.45, 2.75) is 46.8 Å². The number of anilines is 1. The Hall–Kier alpha value is -6.16. The van der Waals surface area contributed by atoms with Crippen molar-refractivity contribution in [3.05, 3.63) is 100 Å². The second-order valence-electron chi connectivity index (χ2n) is 15.4. The summed E-state index contributed by atoms with van der Waals surface area (Å²) in [5, 5.41) is 8.58. The first-order valence-corrected chi connectivity index (χ1v) is 21.0. The lowest BCUT2D eigenvalue weighted by molar-refractivity contribution is 0.0689. The van der Waals surface area contributed by atoms with Crippen molar-refractivity contribution < 1.29 is 54.9 Å². The molecule has 4 aromatic rings. The Kier molecular flexibility index (Phi) is 14.7. The average molecular weight is 998 g/mol. The van der Waals surface area contributed by atoms with E-state index < -0.39 is 91.3 Å². The molecule has 0 radical (unpaired) electrons. The number of nitrogens with two attached hydrogens (primary N) is 3. The Morgan fingerprint density at radius 2 is 1.31 bits per heavy atom. The number of benzene rings is 2. The van der Waals surface area contributed by atoms with Gasteiger partial charge in [0.25, 0.3) is 0 Å². The van der Waals surface area contributed by atoms with E-state index in [-0.39, 0.29) is 87.8 Å². The largest absolute Gasteiger partial charge is 0.476 e. The van der Waals surface area contributed by atoms with Crippen LogP contribution in [-0.2, 0) is 17.5 Å². The zero-order valence-electron chi connectivity index (χ0n) is 38.0. The fourth-order valence-corrected chi connectivity index (χ4v) is 10.4. The quantitative estimate of drug-likeness (QED) is 0.0400. The Morgan fingerprint density at radius 1 is 0.791 bits per heavy atom. The van der Waals surface area contributed by atoms with Crippen LogP contribution in [0.2, 0.25) is 0 Å². The Morgan fingerprint density at radius 3 is 1.84 bits per heavy atom. The summed E-state index contributed by atoms with van der Waals surface area (Å²) in [6.07, 6.45) is 15.1. The van der Waals surface area contributed by atoms with Gasteiger partial charge in [0.2, 0.25) is 11.8 Å². The molecule has 24 heteroatoms. The maximum Gasteiger partial charge on any atom is 0.356 e. The summed E-state index contributed by atoms with van der Waals surface area (Å²) in [6.45, 7) is -0.853. The van der Waals surface area contributed by atoms with E-state index in [1.165, 1.54) is 42.5 Å². The summed E-state index contributed by atoms with van der Waals surface area (Å²) in [6, 6.07) is 4.30. The van der Waals surface area contributed by atoms with Crippen molar-refractivity contribution in [1.82, 2.24) is 19.9 Å². The summed E-state index contributed by atoms with van der Waals surface area (Å²) in [4.78, 5) is 46.5. The number of alkyl halides is 3. The van der Waals surface area contributed by atoms with Gasteiger partial charge in [-0.05, 0) is 49.6 Å². The fourth-order valence-electron chi connectivity index (χ4n) is 7.78. The lowest BCUT2D eigenvalue weighted by Gasteiger charge is -2.34. The second kappa shape index (κ2) is 20.8. The molecule has 0 amide bonds. The summed E-state index contributed by atoms with van der Waals surface area (Å²) < 4.78 is 125. The van der Waals surface area contributed by atoms with Crippen LogP contribution < -0.4 is 26.7 Å². The van der Waals surface area contributed by atoms with E-state index in [4.69, 9.17) is 48.5 Å². The molecule has 8 rings (SSSR count). The highest BCUT2D eigenvalue weighted by molar-refractivity contribution is 8.15. The van der Waals surface area contributed by atoms with Crippen LogP contribution in [-0.4, -0.2) is 93.7 Å². The third-order valence-electron chi connectivity index (χ3n) is 11.1. The number of carboxylic acids is 1. The first kappa shape index (κ1) is 47.3. The van der Waals surface area contributed by atoms with Crippen LogP contribution in [0.1, 0.15) is 57.4 Å². The van der Waals surface area contributed by atoms with Gasteiger partial charge in [-0.15, -0.1) is 12.8 Å². The lowest BCUT2D eigenvalue weighted by Crippen LogP contribution is -2.41. The maximum absolute atomic E-state index is 14.9. The molecule has 354 valence electrons. The fraction of sp³-hybridized carbons (Fsp3) is 0.349. The van der Waals surface area contributed by atoms with Gasteiger partial charge in [-0.1, -0.05) is 35.4 Å². The van der Waals surface area contributed by atoms with Gasteiger partial charge in [-0.3, -0.25) is 9.79 Å². The number of ketones is 1. The Labute approximate surface area is 394 Å². The molecular weight excluding hydrogens is 951 g/mol. The molecule has 0 unspecified atom stereocenters. The number of amidine groups is 2. The molecule has 14 nitrogen and oxygen atoms in total. The van der Waals surface area contributed by atoms with E-state index in [1.54, 1.807) is 6.92 Å². The molecule has 0 bridgehead atoms. The van der Waals surface area contributed by atoms with Gasteiger partial charge in [0, 0.05) is 35.1 Å². The van der Waals surface area contributed by atoms with Crippen LogP contribution in [0.5, 0.6) is 11.8 Å². The lowest BCUT2D eigenvalue weighted by atomic mass is 9.83. The van der Waals surface area contributed by atoms with Gasteiger partial charge in [0.05, 0.1) is 43.7 Å². The Balaban J connectivity index is 0.000000208. The minimum absolute atomic E-state index is 0.0217. The number of fused-ring (bicyclic) bond motifs is 2. The zero-order chi connectivity index (χ0) is 51.8. The van der Waals surface area contributed by atoms with Gasteiger partial charge in [0.1, 0.15) is 31.3 Å². The molecule has 2 saturated carbocycles. The first-order valence-electron chi connectivity index (χ1n) is 20.7. The molecule has 2 aliphatic carbocycles. The number of Topliss-reactive ketones (excluding diaryl/α,β-unsaturated/α-hetero) is 1. The molecule has 7 N–H and O–H groups in total. The number of carboxylic acid groups (broad SMARTS) is 1. The predicted molar refractivity (Wildman–Crippen MR) is 243 cm³/mol. The van der Waals surface area contributed by atoms with E-state index in [0.29, 0.717) is 6.42 Å². The molecule has 6 atom stereocenters. The number of aliphatic imine (C=N–C) groups is 2. The number of aromatic carboxylic acids is 1. The monoisotopic (exact) mass is 997 g/mol. The van der Waals surface area contributed by atoms with E-state index in [9.17, 15) is 40.3 Å². The standard InChI is InChI=1S/C22H18F4N4O2S.C13H14F3N3S.C8H6N2O3.H3P/c1-2-3-32-18-9-28-15(8-29-18)16(31)6-12-4-13(19(26)14(25)5-12)22(11-24)17-7-21(17,10-23)33-20(27)30-22;1-12(7-2-6(17)3-8(15)10(7)16)9-4-13(9,5-14)20-11(18)19-12;1-2-3-13-7-5-9-6(4-10-7)8(11)12;/h1,4-5,8-9,17H,3,6-7,10-11H2,(H2,27,30);2-3,9H,4-5,17H2,1H3,(H2,18,19);1,4-5H,3H2,(H,11,12);1H3/t17-,21-,22-;9-,12+,13+;;/m10../s1/i;;;1T3. The molecule has 4 aliphatic rings. The third kappa shape index (κ3) is 10.7. The van der Waals surface area contributed by atoms with Crippen LogP contribution >= 0.6 is 33.3 Å². The zero-order valence-corrected chi connectivity index (χ0v) is 37.5. The van der Waals surface area contributed by atoms with Gasteiger partial charge in [-0.25, -0.2) is 60.5 Å². The molecular formula is C43H41F7N9O5PS2. The predicted octanol–water partition coefficient (Wildman–Crippen LogP) is 5.94. The van der Waals surface area contributed by atoms with Crippen LogP contribution in [0.3, 0.4) is 0 Å². The minimum Gasteiger partial charge on any atom is -0.476 e. The number of ether oxygens (including phenoxy) is 2. The molecule has 2 aromatic heterocycles. The highest BCUT2D eigenvalue weighted by Gasteiger charge is 2.69. The van der Waals surface area contributed by atoms with Crippen molar-refractivity contribution in [3.8, 4) is 36.4 Å². The van der Waals surface area contributed by atoms with Gasteiger partial charge in [0.15, 0.2) is 58.3 Å². The van der Waals surface area contributed by atoms with Crippen molar-refractivity contribution in [2.24, 2.45) is 33.3 Å². The third-order valence-corrected chi connectivity index (χ3v) is 13.6. The number of nitrogens with zero attached hydrogens (tertiary/aromatic N) is 6. The Bertz CT molecular complexity index is 2750. The van der Waals surface area contributed by atoms with Gasteiger partial charge < -0.3 is 31.8 Å².